The van der Waals surface area contributed by atoms with Gasteiger partial charge in [0.2, 0.25) is 0 Å². The molecule has 84 valence electrons. The van der Waals surface area contributed by atoms with Gasteiger partial charge in [0, 0.05) is 11.6 Å². The third kappa shape index (κ3) is 2.51. The number of nitrogens with two attached hydrogens (primary N) is 1. The molecule has 3 N–H and O–H groups in total. The van der Waals surface area contributed by atoms with Gasteiger partial charge in [0.1, 0.15) is 5.75 Å². The van der Waals surface area contributed by atoms with Crippen LogP contribution in [0.2, 0.25) is 0 Å². The predicted molar refractivity (Wildman–Crippen MR) is 64.1 cm³/mol. The Morgan fingerprint density at radius 2 is 1.80 bits per heavy atom. The summed E-state index contributed by atoms with van der Waals surface area (Å²) in [7, 11) is 0. The molecule has 2 heteroatoms. The SMILES string of the molecule is Cc1cc(C(C)(C)C)cc(C(C)N)c1O. The molecule has 1 aromatic rings. The van der Waals surface area contributed by atoms with Gasteiger partial charge < -0.3 is 10.8 Å². The maximum Gasteiger partial charge on any atom is 0.123 e. The summed E-state index contributed by atoms with van der Waals surface area (Å²) in [6.07, 6.45) is 0. The normalized spacial score (nSPS) is 14.0. The van der Waals surface area contributed by atoms with Crippen molar-refractivity contribution >= 4 is 0 Å². The molecular weight excluding hydrogens is 186 g/mol. The van der Waals surface area contributed by atoms with Crippen molar-refractivity contribution in [2.75, 3.05) is 0 Å². The summed E-state index contributed by atoms with van der Waals surface area (Å²) in [5.74, 6) is 0.331. The molecular formula is C13H21NO. The molecule has 0 bridgehead atoms. The van der Waals surface area contributed by atoms with Crippen LogP contribution in [0.5, 0.6) is 5.75 Å². The van der Waals surface area contributed by atoms with Crippen LogP contribution < -0.4 is 5.73 Å². The van der Waals surface area contributed by atoms with Crippen molar-refractivity contribution in [2.24, 2.45) is 5.73 Å². The van der Waals surface area contributed by atoms with E-state index in [0.717, 1.165) is 11.1 Å². The van der Waals surface area contributed by atoms with Gasteiger partial charge in [-0.3, -0.25) is 0 Å². The molecule has 0 aliphatic carbocycles. The summed E-state index contributed by atoms with van der Waals surface area (Å²) in [6.45, 7) is 10.3. The summed E-state index contributed by atoms with van der Waals surface area (Å²) in [5.41, 5.74) is 8.87. The lowest BCUT2D eigenvalue weighted by Crippen LogP contribution is -2.14. The topological polar surface area (TPSA) is 46.2 Å². The highest BCUT2D eigenvalue weighted by Crippen LogP contribution is 2.32. The molecule has 1 unspecified atom stereocenters. The second-order valence-corrected chi connectivity index (χ2v) is 5.27. The van der Waals surface area contributed by atoms with Crippen molar-refractivity contribution in [3.8, 4) is 5.75 Å². The highest BCUT2D eigenvalue weighted by molar-refractivity contribution is 5.46. The molecule has 0 saturated heterocycles. The summed E-state index contributed by atoms with van der Waals surface area (Å²) in [5, 5.41) is 9.88. The smallest absolute Gasteiger partial charge is 0.123 e. The molecule has 0 fully saturated rings. The first-order chi connectivity index (χ1) is 6.73. The Morgan fingerprint density at radius 1 is 1.27 bits per heavy atom. The highest BCUT2D eigenvalue weighted by atomic mass is 16.3. The van der Waals surface area contributed by atoms with Gasteiger partial charge >= 0.3 is 0 Å². The Hall–Kier alpha value is -1.02. The van der Waals surface area contributed by atoms with Gasteiger partial charge in [-0.15, -0.1) is 0 Å². The molecule has 0 saturated carbocycles. The van der Waals surface area contributed by atoms with Crippen LogP contribution in [0, 0.1) is 6.92 Å². The lowest BCUT2D eigenvalue weighted by molar-refractivity contribution is 0.457. The van der Waals surface area contributed by atoms with Crippen LogP contribution in [-0.2, 0) is 5.41 Å². The van der Waals surface area contributed by atoms with Crippen LogP contribution in [0.3, 0.4) is 0 Å². The van der Waals surface area contributed by atoms with Gasteiger partial charge in [-0.2, -0.15) is 0 Å². The van der Waals surface area contributed by atoms with Crippen LogP contribution in [0.1, 0.15) is 50.4 Å². The van der Waals surface area contributed by atoms with Gasteiger partial charge in [-0.25, -0.2) is 0 Å². The van der Waals surface area contributed by atoms with Gasteiger partial charge in [0.15, 0.2) is 0 Å². The summed E-state index contributed by atoms with van der Waals surface area (Å²) in [6, 6.07) is 3.90. The van der Waals surface area contributed by atoms with Gasteiger partial charge in [0.05, 0.1) is 0 Å². The minimum absolute atomic E-state index is 0.0854. The summed E-state index contributed by atoms with van der Waals surface area (Å²) < 4.78 is 0. The zero-order valence-corrected chi connectivity index (χ0v) is 10.3. The van der Waals surface area contributed by atoms with E-state index in [2.05, 4.69) is 20.8 Å². The lowest BCUT2D eigenvalue weighted by atomic mass is 9.84. The van der Waals surface area contributed by atoms with Crippen molar-refractivity contribution in [1.82, 2.24) is 0 Å². The molecule has 0 aliphatic rings. The second-order valence-electron chi connectivity index (χ2n) is 5.27. The van der Waals surface area contributed by atoms with Crippen LogP contribution in [0.25, 0.3) is 0 Å². The summed E-state index contributed by atoms with van der Waals surface area (Å²) in [4.78, 5) is 0. The summed E-state index contributed by atoms with van der Waals surface area (Å²) >= 11 is 0. The van der Waals surface area contributed by atoms with E-state index < -0.39 is 0 Å². The average Bonchev–Trinajstić information content (AvgIpc) is 2.06. The van der Waals surface area contributed by atoms with E-state index in [9.17, 15) is 5.11 Å². The number of aryl methyl sites for hydroxylation is 1. The third-order valence-corrected chi connectivity index (χ3v) is 2.69. The number of phenols is 1. The third-order valence-electron chi connectivity index (χ3n) is 2.69. The molecule has 0 radical (unpaired) electrons. The average molecular weight is 207 g/mol. The van der Waals surface area contributed by atoms with Crippen LogP contribution >= 0.6 is 0 Å². The van der Waals surface area contributed by atoms with Crippen molar-refractivity contribution < 1.29 is 5.11 Å². The van der Waals surface area contributed by atoms with E-state index >= 15 is 0 Å². The molecule has 0 aromatic heterocycles. The molecule has 1 aromatic carbocycles. The van der Waals surface area contributed by atoms with E-state index in [1.165, 1.54) is 5.56 Å². The monoisotopic (exact) mass is 207 g/mol. The fourth-order valence-electron chi connectivity index (χ4n) is 1.59. The number of hydrogen-bond donors (Lipinski definition) is 2. The fourth-order valence-corrected chi connectivity index (χ4v) is 1.59. The second kappa shape index (κ2) is 3.86. The van der Waals surface area contributed by atoms with Crippen molar-refractivity contribution in [1.29, 1.82) is 0 Å². The van der Waals surface area contributed by atoms with E-state index in [1.54, 1.807) is 0 Å². The zero-order valence-electron chi connectivity index (χ0n) is 10.3. The number of benzene rings is 1. The quantitative estimate of drug-likeness (QED) is 0.743. The maximum absolute atomic E-state index is 9.88. The van der Waals surface area contributed by atoms with Crippen LogP contribution in [0.4, 0.5) is 0 Å². The number of hydrogen-bond acceptors (Lipinski definition) is 2. The molecule has 1 atom stereocenters. The fraction of sp³-hybridized carbons (Fsp3) is 0.538. The van der Waals surface area contributed by atoms with Crippen molar-refractivity contribution in [3.63, 3.8) is 0 Å². The molecule has 1 rings (SSSR count). The molecule has 0 heterocycles. The van der Waals surface area contributed by atoms with Gasteiger partial charge in [0.25, 0.3) is 0 Å². The number of phenolic OH excluding ortho intramolecular Hbond substituents is 1. The largest absolute Gasteiger partial charge is 0.507 e. The zero-order chi connectivity index (χ0) is 11.8. The van der Waals surface area contributed by atoms with Crippen molar-refractivity contribution in [3.05, 3.63) is 28.8 Å². The standard InChI is InChI=1S/C13H21NO/c1-8-6-10(13(3,4)5)7-11(9(2)14)12(8)15/h6-7,9,15H,14H2,1-5H3. The first-order valence-electron chi connectivity index (χ1n) is 5.33. The first-order valence-corrected chi connectivity index (χ1v) is 5.33. The Morgan fingerprint density at radius 3 is 2.20 bits per heavy atom. The highest BCUT2D eigenvalue weighted by Gasteiger charge is 2.18. The van der Waals surface area contributed by atoms with Crippen molar-refractivity contribution in [2.45, 2.75) is 46.1 Å². The van der Waals surface area contributed by atoms with E-state index in [1.807, 2.05) is 26.0 Å². The minimum Gasteiger partial charge on any atom is -0.507 e. The van der Waals surface area contributed by atoms with E-state index in [4.69, 9.17) is 5.73 Å². The molecule has 0 spiro atoms. The van der Waals surface area contributed by atoms with Crippen LogP contribution in [0.15, 0.2) is 12.1 Å². The van der Waals surface area contributed by atoms with E-state index in [-0.39, 0.29) is 11.5 Å². The van der Waals surface area contributed by atoms with Crippen LogP contribution in [-0.4, -0.2) is 5.11 Å². The Labute approximate surface area is 92.1 Å². The minimum atomic E-state index is -0.133. The number of rotatable bonds is 1. The number of aromatic hydroxyl groups is 1. The Kier molecular flexibility index (Phi) is 3.10. The molecule has 0 amide bonds. The predicted octanol–water partition coefficient (Wildman–Crippen LogP) is 3.02. The lowest BCUT2D eigenvalue weighted by Gasteiger charge is -2.22. The molecule has 2 nitrogen and oxygen atoms in total. The molecule has 15 heavy (non-hydrogen) atoms. The Balaban J connectivity index is 3.36. The van der Waals surface area contributed by atoms with Gasteiger partial charge in [-0.05, 0) is 30.4 Å². The van der Waals surface area contributed by atoms with E-state index in [0.29, 0.717) is 5.75 Å². The maximum atomic E-state index is 9.88. The Bertz CT molecular complexity index is 362. The molecule has 0 aliphatic heterocycles. The van der Waals surface area contributed by atoms with Gasteiger partial charge in [-0.1, -0.05) is 32.9 Å². The first kappa shape index (κ1) is 12.1.